The fourth-order valence-electron chi connectivity index (χ4n) is 1.83. The summed E-state index contributed by atoms with van der Waals surface area (Å²) in [6.45, 7) is 1.97. The van der Waals surface area contributed by atoms with Crippen molar-refractivity contribution in [3.8, 4) is 0 Å². The van der Waals surface area contributed by atoms with Crippen molar-refractivity contribution in [2.45, 2.75) is 18.9 Å². The van der Waals surface area contributed by atoms with Crippen molar-refractivity contribution in [1.29, 1.82) is 0 Å². The second kappa shape index (κ2) is 1.96. The third-order valence-electron chi connectivity index (χ3n) is 2.46. The van der Waals surface area contributed by atoms with Gasteiger partial charge in [0.1, 0.15) is 0 Å². The molecule has 0 spiro atoms. The van der Waals surface area contributed by atoms with Gasteiger partial charge in [0.25, 0.3) is 0 Å². The summed E-state index contributed by atoms with van der Waals surface area (Å²) in [4.78, 5) is 0. The number of piperidine rings is 1. The number of nitrogens with one attached hydrogen (secondary N) is 1. The fourth-order valence-corrected chi connectivity index (χ4v) is 1.83. The number of aliphatic hydroxyl groups excluding tert-OH is 1. The maximum absolute atomic E-state index is 9.43. The summed E-state index contributed by atoms with van der Waals surface area (Å²) in [5, 5.41) is 12.7. The van der Waals surface area contributed by atoms with Crippen LogP contribution in [0.4, 0.5) is 0 Å². The van der Waals surface area contributed by atoms with Gasteiger partial charge in [0, 0.05) is 19.0 Å². The quantitative estimate of drug-likeness (QED) is 0.476. The Morgan fingerprint density at radius 1 is 1.56 bits per heavy atom. The van der Waals surface area contributed by atoms with Crippen LogP contribution in [0.1, 0.15) is 12.8 Å². The second-order valence-corrected chi connectivity index (χ2v) is 3.03. The van der Waals surface area contributed by atoms with Gasteiger partial charge in [0.2, 0.25) is 0 Å². The maximum Gasteiger partial charge on any atom is 0.0655 e. The molecule has 0 aromatic rings. The molecular formula is C7H12NO. The van der Waals surface area contributed by atoms with E-state index in [1.54, 1.807) is 0 Å². The zero-order valence-corrected chi connectivity index (χ0v) is 5.43. The van der Waals surface area contributed by atoms with E-state index in [9.17, 15) is 5.11 Å². The molecular weight excluding hydrogens is 114 g/mol. The summed E-state index contributed by atoms with van der Waals surface area (Å²) < 4.78 is 0. The van der Waals surface area contributed by atoms with Crippen LogP contribution in [0.3, 0.4) is 0 Å². The zero-order valence-electron chi connectivity index (χ0n) is 5.43. The number of fused-ring (bicyclic) bond motifs is 2. The topological polar surface area (TPSA) is 32.3 Å². The van der Waals surface area contributed by atoms with Crippen LogP contribution in [0.2, 0.25) is 0 Å². The molecule has 2 fully saturated rings. The fraction of sp³-hybridized carbons (Fsp3) is 0.857. The van der Waals surface area contributed by atoms with Crippen LogP contribution in [0.5, 0.6) is 0 Å². The van der Waals surface area contributed by atoms with Gasteiger partial charge in [0.05, 0.1) is 6.10 Å². The predicted octanol–water partition coefficient (Wildman–Crippen LogP) is -0.0650. The van der Waals surface area contributed by atoms with Gasteiger partial charge in [-0.3, -0.25) is 0 Å². The molecule has 2 heteroatoms. The van der Waals surface area contributed by atoms with Crippen molar-refractivity contribution < 1.29 is 5.11 Å². The SMILES string of the molecule is OC1[C]2CCC1CNC2. The van der Waals surface area contributed by atoms with E-state index in [1.165, 1.54) is 12.3 Å². The minimum absolute atomic E-state index is 0.0637. The first kappa shape index (κ1) is 5.69. The van der Waals surface area contributed by atoms with Crippen LogP contribution in [-0.4, -0.2) is 24.3 Å². The van der Waals surface area contributed by atoms with Crippen LogP contribution in [0.25, 0.3) is 0 Å². The summed E-state index contributed by atoms with van der Waals surface area (Å²) >= 11 is 0. The molecule has 0 aromatic heterocycles. The van der Waals surface area contributed by atoms with Crippen molar-refractivity contribution in [3.63, 3.8) is 0 Å². The molecule has 1 saturated heterocycles. The van der Waals surface area contributed by atoms with Gasteiger partial charge in [-0.1, -0.05) is 0 Å². The molecule has 2 unspecified atom stereocenters. The molecule has 1 heterocycles. The van der Waals surface area contributed by atoms with Gasteiger partial charge >= 0.3 is 0 Å². The molecule has 1 radical (unpaired) electrons. The van der Waals surface area contributed by atoms with Crippen molar-refractivity contribution in [2.24, 2.45) is 5.92 Å². The zero-order chi connectivity index (χ0) is 6.27. The van der Waals surface area contributed by atoms with Crippen molar-refractivity contribution in [1.82, 2.24) is 5.32 Å². The molecule has 1 aliphatic heterocycles. The first-order valence-corrected chi connectivity index (χ1v) is 3.61. The lowest BCUT2D eigenvalue weighted by Crippen LogP contribution is -2.40. The number of hydrogen-bond donors (Lipinski definition) is 2. The van der Waals surface area contributed by atoms with E-state index in [4.69, 9.17) is 0 Å². The minimum atomic E-state index is -0.0637. The Bertz CT molecular complexity index is 99.5. The monoisotopic (exact) mass is 126 g/mol. The van der Waals surface area contributed by atoms with E-state index >= 15 is 0 Å². The Balaban J connectivity index is 2.10. The number of aliphatic hydroxyl groups is 1. The standard InChI is InChI=1S/C7H12NO/c9-7-5-1-2-6(7)4-8-3-5/h5,7-9H,1-4H2. The van der Waals surface area contributed by atoms with Gasteiger partial charge in [-0.25, -0.2) is 0 Å². The van der Waals surface area contributed by atoms with Crippen molar-refractivity contribution >= 4 is 0 Å². The summed E-state index contributed by atoms with van der Waals surface area (Å²) in [6, 6.07) is 0. The van der Waals surface area contributed by atoms with Crippen molar-refractivity contribution in [2.75, 3.05) is 13.1 Å². The molecule has 2 rings (SSSR count). The van der Waals surface area contributed by atoms with Crippen LogP contribution < -0.4 is 5.32 Å². The minimum Gasteiger partial charge on any atom is -0.392 e. The maximum atomic E-state index is 9.43. The normalized spacial score (nSPS) is 43.7. The third-order valence-corrected chi connectivity index (χ3v) is 2.46. The molecule has 51 valence electrons. The Kier molecular flexibility index (Phi) is 1.24. The highest BCUT2D eigenvalue weighted by Crippen LogP contribution is 2.34. The van der Waals surface area contributed by atoms with E-state index in [0.717, 1.165) is 19.5 Å². The van der Waals surface area contributed by atoms with Crippen molar-refractivity contribution in [3.05, 3.63) is 5.92 Å². The highest BCUT2D eigenvalue weighted by atomic mass is 16.3. The van der Waals surface area contributed by atoms with Crippen LogP contribution >= 0.6 is 0 Å². The molecule has 1 saturated carbocycles. The smallest absolute Gasteiger partial charge is 0.0655 e. The van der Waals surface area contributed by atoms with E-state index < -0.39 is 0 Å². The highest BCUT2D eigenvalue weighted by molar-refractivity contribution is 5.11. The van der Waals surface area contributed by atoms with E-state index in [2.05, 4.69) is 5.32 Å². The van der Waals surface area contributed by atoms with Crippen LogP contribution in [-0.2, 0) is 0 Å². The van der Waals surface area contributed by atoms with Crippen LogP contribution in [0.15, 0.2) is 0 Å². The Labute approximate surface area is 55.3 Å². The average Bonchev–Trinajstić information content (AvgIpc) is 2.19. The number of hydrogen-bond acceptors (Lipinski definition) is 2. The first-order chi connectivity index (χ1) is 4.38. The van der Waals surface area contributed by atoms with E-state index in [-0.39, 0.29) is 6.10 Å². The van der Waals surface area contributed by atoms with Gasteiger partial charge < -0.3 is 10.4 Å². The predicted molar refractivity (Wildman–Crippen MR) is 34.8 cm³/mol. The molecule has 0 amide bonds. The summed E-state index contributed by atoms with van der Waals surface area (Å²) in [6.07, 6.45) is 2.29. The first-order valence-electron chi connectivity index (χ1n) is 3.61. The molecule has 9 heavy (non-hydrogen) atoms. The Morgan fingerprint density at radius 3 is 3.11 bits per heavy atom. The molecule has 0 aromatic carbocycles. The van der Waals surface area contributed by atoms with Gasteiger partial charge in [-0.2, -0.15) is 0 Å². The summed E-state index contributed by atoms with van der Waals surface area (Å²) in [5.74, 6) is 1.86. The summed E-state index contributed by atoms with van der Waals surface area (Å²) in [7, 11) is 0. The lowest BCUT2D eigenvalue weighted by Gasteiger charge is -2.25. The van der Waals surface area contributed by atoms with E-state index in [0.29, 0.717) is 5.92 Å². The van der Waals surface area contributed by atoms with Gasteiger partial charge in [-0.15, -0.1) is 0 Å². The van der Waals surface area contributed by atoms with Gasteiger partial charge in [-0.05, 0) is 18.8 Å². The molecule has 2 N–H and O–H groups in total. The average molecular weight is 126 g/mol. The van der Waals surface area contributed by atoms with E-state index in [1.807, 2.05) is 0 Å². The molecule has 1 aliphatic carbocycles. The summed E-state index contributed by atoms with van der Waals surface area (Å²) in [5.41, 5.74) is 0. The lowest BCUT2D eigenvalue weighted by atomic mass is 9.97. The number of rotatable bonds is 0. The third kappa shape index (κ3) is 0.775. The second-order valence-electron chi connectivity index (χ2n) is 3.03. The van der Waals surface area contributed by atoms with Gasteiger partial charge in [0.15, 0.2) is 0 Å². The Morgan fingerprint density at radius 2 is 2.44 bits per heavy atom. The van der Waals surface area contributed by atoms with Crippen LogP contribution in [0, 0.1) is 11.8 Å². The molecule has 2 atom stereocenters. The highest BCUT2D eigenvalue weighted by Gasteiger charge is 2.37. The molecule has 2 nitrogen and oxygen atoms in total. The molecule has 2 aliphatic rings. The Hall–Kier alpha value is -0.0800. The largest absolute Gasteiger partial charge is 0.392 e. The molecule has 2 bridgehead atoms. The lowest BCUT2D eigenvalue weighted by molar-refractivity contribution is 0.127.